The van der Waals surface area contributed by atoms with Gasteiger partial charge >= 0.3 is 0 Å². The van der Waals surface area contributed by atoms with Gasteiger partial charge in [0.05, 0.1) is 6.21 Å². The van der Waals surface area contributed by atoms with Crippen molar-refractivity contribution in [3.8, 4) is 0 Å². The van der Waals surface area contributed by atoms with Gasteiger partial charge in [0, 0.05) is 10.8 Å². The minimum Gasteiger partial charge on any atom is -0.334 e. The topological polar surface area (TPSA) is 81.1 Å². The summed E-state index contributed by atoms with van der Waals surface area (Å²) in [7, 11) is 0. The number of halogens is 2. The van der Waals surface area contributed by atoms with E-state index in [2.05, 4.69) is 20.7 Å². The summed E-state index contributed by atoms with van der Waals surface area (Å²) in [6, 6.07) is 13.5. The number of thioether (sulfide) groups is 1. The lowest BCUT2D eigenvalue weighted by molar-refractivity contribution is 0.628. The third-order valence-corrected chi connectivity index (χ3v) is 4.46. The van der Waals surface area contributed by atoms with Crippen molar-refractivity contribution in [1.29, 1.82) is 0 Å². The lowest BCUT2D eigenvalue weighted by Gasteiger charge is -2.03. The normalized spacial score (nSPS) is 11.1. The fourth-order valence-corrected chi connectivity index (χ4v) is 2.83. The number of hydrogen-bond donors (Lipinski definition) is 2. The maximum atomic E-state index is 12.8. The highest BCUT2D eigenvalue weighted by Crippen LogP contribution is 2.22. The van der Waals surface area contributed by atoms with Crippen molar-refractivity contribution in [2.45, 2.75) is 10.9 Å². The third kappa shape index (κ3) is 4.71. The number of nitrogens with one attached hydrogen (secondary N) is 1. The lowest BCUT2D eigenvalue weighted by Crippen LogP contribution is -2.13. The first-order chi connectivity index (χ1) is 12.1. The number of nitrogens with two attached hydrogens (primary N) is 1. The van der Waals surface area contributed by atoms with Gasteiger partial charge in [0.1, 0.15) is 5.82 Å². The second-order valence-corrected chi connectivity index (χ2v) is 6.39. The summed E-state index contributed by atoms with van der Waals surface area (Å²) in [4.78, 5) is 0. The summed E-state index contributed by atoms with van der Waals surface area (Å²) >= 11 is 7.31. The second-order valence-electron chi connectivity index (χ2n) is 5.01. The van der Waals surface area contributed by atoms with Crippen molar-refractivity contribution < 1.29 is 4.39 Å². The van der Waals surface area contributed by atoms with Gasteiger partial charge in [0.15, 0.2) is 0 Å². The fourth-order valence-electron chi connectivity index (χ4n) is 1.89. The van der Waals surface area contributed by atoms with E-state index >= 15 is 0 Å². The zero-order valence-corrected chi connectivity index (χ0v) is 14.5. The minimum atomic E-state index is -0.297. The molecule has 9 heteroatoms. The van der Waals surface area contributed by atoms with Crippen LogP contribution in [0.4, 0.5) is 10.3 Å². The molecule has 0 saturated carbocycles. The van der Waals surface area contributed by atoms with E-state index in [1.165, 1.54) is 34.8 Å². The first kappa shape index (κ1) is 17.2. The summed E-state index contributed by atoms with van der Waals surface area (Å²) < 4.78 is 14.2. The molecule has 0 bridgehead atoms. The molecule has 0 aliphatic carbocycles. The summed E-state index contributed by atoms with van der Waals surface area (Å²) in [6.07, 6.45) is 1.54. The third-order valence-electron chi connectivity index (χ3n) is 3.19. The van der Waals surface area contributed by atoms with Crippen LogP contribution in [0, 0.1) is 5.82 Å². The molecule has 3 aromatic rings. The van der Waals surface area contributed by atoms with Crippen LogP contribution in [0.3, 0.4) is 0 Å². The molecule has 1 aromatic heterocycles. The minimum absolute atomic E-state index is 0.297. The molecule has 0 fully saturated rings. The van der Waals surface area contributed by atoms with Crippen LogP contribution < -0.4 is 11.3 Å². The molecule has 3 N–H and O–H groups in total. The lowest BCUT2D eigenvalue weighted by atomic mass is 10.2. The van der Waals surface area contributed by atoms with Crippen LogP contribution in [-0.2, 0) is 5.75 Å². The largest absolute Gasteiger partial charge is 0.334 e. The van der Waals surface area contributed by atoms with Crippen LogP contribution in [0.1, 0.15) is 11.1 Å². The van der Waals surface area contributed by atoms with Gasteiger partial charge < -0.3 is 5.84 Å². The molecule has 6 nitrogen and oxygen atoms in total. The van der Waals surface area contributed by atoms with Crippen molar-refractivity contribution in [2.24, 2.45) is 5.10 Å². The zero-order valence-electron chi connectivity index (χ0n) is 12.9. The van der Waals surface area contributed by atoms with Gasteiger partial charge in [0.25, 0.3) is 5.95 Å². The molecule has 0 radical (unpaired) electrons. The predicted octanol–water partition coefficient (Wildman–Crippen LogP) is 3.52. The van der Waals surface area contributed by atoms with Crippen LogP contribution >= 0.6 is 23.4 Å². The fraction of sp³-hybridized carbons (Fsp3) is 0.0625. The van der Waals surface area contributed by atoms with E-state index in [-0.39, 0.29) is 5.82 Å². The standard InChI is InChI=1S/C16H14ClFN6S/c17-13-5-1-12(2-6-13)10-25-16-23-22-15(24(16)19)21-20-9-11-3-7-14(18)8-4-11/h1-9H,10,19H2,(H,21,22)/b20-9+. The maximum Gasteiger partial charge on any atom is 0.264 e. The van der Waals surface area contributed by atoms with Crippen LogP contribution in [0.5, 0.6) is 0 Å². The maximum absolute atomic E-state index is 12.8. The van der Waals surface area contributed by atoms with Crippen molar-refractivity contribution >= 4 is 35.5 Å². The Kier molecular flexibility index (Phi) is 5.52. The number of hydrogen-bond acceptors (Lipinski definition) is 6. The number of benzene rings is 2. The van der Waals surface area contributed by atoms with Gasteiger partial charge in [-0.2, -0.15) is 5.10 Å². The molecule has 0 spiro atoms. The Bertz CT molecular complexity index is 863. The van der Waals surface area contributed by atoms with Crippen molar-refractivity contribution in [3.05, 3.63) is 70.5 Å². The zero-order chi connectivity index (χ0) is 17.6. The molecule has 0 atom stereocenters. The van der Waals surface area contributed by atoms with E-state index < -0.39 is 0 Å². The molecule has 1 heterocycles. The summed E-state index contributed by atoms with van der Waals surface area (Å²) in [5.74, 6) is 6.65. The predicted molar refractivity (Wildman–Crippen MR) is 98.8 cm³/mol. The highest BCUT2D eigenvalue weighted by atomic mass is 35.5. The van der Waals surface area contributed by atoms with Crippen molar-refractivity contribution in [2.75, 3.05) is 11.3 Å². The Balaban J connectivity index is 1.58. The quantitative estimate of drug-likeness (QED) is 0.298. The molecule has 0 saturated heterocycles. The summed E-state index contributed by atoms with van der Waals surface area (Å²) in [5.41, 5.74) is 4.55. The monoisotopic (exact) mass is 376 g/mol. The molecule has 0 unspecified atom stereocenters. The van der Waals surface area contributed by atoms with Gasteiger partial charge in [-0.1, -0.05) is 47.6 Å². The Labute approximate surface area is 152 Å². The van der Waals surface area contributed by atoms with Gasteiger partial charge in [-0.3, -0.25) is 0 Å². The SMILES string of the molecule is Nn1c(N/N=C/c2ccc(F)cc2)nnc1SCc1ccc(Cl)cc1. The van der Waals surface area contributed by atoms with E-state index in [9.17, 15) is 4.39 Å². The number of anilines is 1. The Morgan fingerprint density at radius 3 is 2.60 bits per heavy atom. The second kappa shape index (κ2) is 8.00. The van der Waals surface area contributed by atoms with Crippen LogP contribution in [-0.4, -0.2) is 21.1 Å². The van der Waals surface area contributed by atoms with E-state index in [1.54, 1.807) is 12.1 Å². The van der Waals surface area contributed by atoms with Crippen molar-refractivity contribution in [1.82, 2.24) is 14.9 Å². The van der Waals surface area contributed by atoms with Gasteiger partial charge in [-0.05, 0) is 35.4 Å². The highest BCUT2D eigenvalue weighted by Gasteiger charge is 2.09. The average molecular weight is 377 g/mol. The molecule has 128 valence electrons. The van der Waals surface area contributed by atoms with Gasteiger partial charge in [-0.25, -0.2) is 14.5 Å². The summed E-state index contributed by atoms with van der Waals surface area (Å²) in [6.45, 7) is 0. The van der Waals surface area contributed by atoms with Gasteiger partial charge in [-0.15, -0.1) is 10.2 Å². The molecule has 3 rings (SSSR count). The molecule has 25 heavy (non-hydrogen) atoms. The average Bonchev–Trinajstić information content (AvgIpc) is 2.96. The Hall–Kier alpha value is -2.58. The van der Waals surface area contributed by atoms with E-state index in [1.807, 2.05) is 24.3 Å². The number of nitrogen functional groups attached to an aromatic ring is 1. The number of hydrazone groups is 1. The number of aromatic nitrogens is 3. The molecular formula is C16H14ClFN6S. The molecule has 0 aliphatic heterocycles. The van der Waals surface area contributed by atoms with E-state index in [0.29, 0.717) is 21.9 Å². The van der Waals surface area contributed by atoms with Gasteiger partial charge in [0.2, 0.25) is 5.16 Å². The molecule has 2 aromatic carbocycles. The number of nitrogens with zero attached hydrogens (tertiary/aromatic N) is 4. The van der Waals surface area contributed by atoms with Crippen LogP contribution in [0.15, 0.2) is 58.8 Å². The molecule has 0 aliphatic rings. The Morgan fingerprint density at radius 2 is 1.88 bits per heavy atom. The molecular weight excluding hydrogens is 363 g/mol. The number of rotatable bonds is 6. The van der Waals surface area contributed by atoms with Crippen LogP contribution in [0.2, 0.25) is 5.02 Å². The van der Waals surface area contributed by atoms with Crippen molar-refractivity contribution in [3.63, 3.8) is 0 Å². The van der Waals surface area contributed by atoms with E-state index in [0.717, 1.165) is 11.1 Å². The van der Waals surface area contributed by atoms with E-state index in [4.69, 9.17) is 17.4 Å². The molecule has 0 amide bonds. The smallest absolute Gasteiger partial charge is 0.264 e. The summed E-state index contributed by atoms with van der Waals surface area (Å²) in [5, 5.41) is 13.2. The Morgan fingerprint density at radius 1 is 1.16 bits per heavy atom. The first-order valence-corrected chi connectivity index (χ1v) is 8.60. The van der Waals surface area contributed by atoms with Crippen LogP contribution in [0.25, 0.3) is 0 Å². The highest BCUT2D eigenvalue weighted by molar-refractivity contribution is 7.98. The first-order valence-electron chi connectivity index (χ1n) is 7.24.